The Morgan fingerprint density at radius 2 is 2.17 bits per heavy atom. The van der Waals surface area contributed by atoms with E-state index < -0.39 is 0 Å². The Hall–Kier alpha value is -0.570. The highest BCUT2D eigenvalue weighted by atomic mass is 16.5. The molecule has 1 heterocycles. The number of ether oxygens (including phenoxy) is 1. The van der Waals surface area contributed by atoms with Crippen molar-refractivity contribution in [1.29, 1.82) is 0 Å². The van der Waals surface area contributed by atoms with Crippen LogP contribution in [0.3, 0.4) is 0 Å². The van der Waals surface area contributed by atoms with Crippen molar-refractivity contribution in [2.75, 3.05) is 6.61 Å². The van der Waals surface area contributed by atoms with Crippen LogP contribution in [0.5, 0.6) is 0 Å². The number of amides is 1. The summed E-state index contributed by atoms with van der Waals surface area (Å²) >= 11 is 0. The van der Waals surface area contributed by atoms with Crippen LogP contribution < -0.4 is 5.32 Å². The van der Waals surface area contributed by atoms with Crippen molar-refractivity contribution in [2.24, 2.45) is 11.8 Å². The summed E-state index contributed by atoms with van der Waals surface area (Å²) < 4.78 is 5.40. The van der Waals surface area contributed by atoms with Crippen LogP contribution in [-0.4, -0.2) is 24.7 Å². The van der Waals surface area contributed by atoms with Gasteiger partial charge < -0.3 is 10.1 Å². The number of hydrogen-bond acceptors (Lipinski definition) is 2. The maximum absolute atomic E-state index is 11.5. The average Bonchev–Trinajstić information content (AvgIpc) is 2.94. The second-order valence-corrected chi connectivity index (χ2v) is 4.10. The molecule has 3 rings (SSSR count). The van der Waals surface area contributed by atoms with Gasteiger partial charge in [0.25, 0.3) is 0 Å². The predicted molar refractivity (Wildman–Crippen MR) is 42.5 cm³/mol. The standard InChI is InChI=1S/C9H13NO2/c11-9(10-5-1-2-5)7-6-3-4-12-8(6)7/h5-8H,1-4H2,(H,10,11). The van der Waals surface area contributed by atoms with Crippen LogP contribution in [0, 0.1) is 11.8 Å². The van der Waals surface area contributed by atoms with Gasteiger partial charge in [-0.25, -0.2) is 0 Å². The number of rotatable bonds is 2. The second kappa shape index (κ2) is 2.22. The molecule has 1 aliphatic heterocycles. The molecule has 1 amide bonds. The lowest BCUT2D eigenvalue weighted by Crippen LogP contribution is -2.29. The zero-order valence-electron chi connectivity index (χ0n) is 6.95. The lowest BCUT2D eigenvalue weighted by atomic mass is 10.2. The first-order valence-corrected chi connectivity index (χ1v) is 4.78. The molecule has 0 bridgehead atoms. The molecule has 3 heteroatoms. The Kier molecular flexibility index (Phi) is 1.28. The molecule has 0 aromatic carbocycles. The van der Waals surface area contributed by atoms with Crippen molar-refractivity contribution in [3.8, 4) is 0 Å². The van der Waals surface area contributed by atoms with Crippen molar-refractivity contribution in [1.82, 2.24) is 5.32 Å². The van der Waals surface area contributed by atoms with Gasteiger partial charge in [-0.2, -0.15) is 0 Å². The summed E-state index contributed by atoms with van der Waals surface area (Å²) in [6.07, 6.45) is 3.72. The minimum Gasteiger partial charge on any atom is -0.377 e. The van der Waals surface area contributed by atoms with E-state index in [1.165, 1.54) is 12.8 Å². The van der Waals surface area contributed by atoms with E-state index in [4.69, 9.17) is 4.74 Å². The summed E-state index contributed by atoms with van der Waals surface area (Å²) in [4.78, 5) is 11.5. The Labute approximate surface area is 71.5 Å². The van der Waals surface area contributed by atoms with E-state index in [-0.39, 0.29) is 17.9 Å². The van der Waals surface area contributed by atoms with Gasteiger partial charge in [-0.15, -0.1) is 0 Å². The fourth-order valence-electron chi connectivity index (χ4n) is 2.12. The summed E-state index contributed by atoms with van der Waals surface area (Å²) in [5.74, 6) is 1.01. The summed E-state index contributed by atoms with van der Waals surface area (Å²) in [6.45, 7) is 0.864. The zero-order valence-corrected chi connectivity index (χ0v) is 6.95. The molecular formula is C9H13NO2. The number of fused-ring (bicyclic) bond motifs is 1. The van der Waals surface area contributed by atoms with Gasteiger partial charge in [-0.05, 0) is 19.3 Å². The van der Waals surface area contributed by atoms with Gasteiger partial charge in [0.1, 0.15) is 0 Å². The third-order valence-electron chi connectivity index (χ3n) is 3.08. The summed E-state index contributed by atoms with van der Waals surface area (Å²) in [5.41, 5.74) is 0. The summed E-state index contributed by atoms with van der Waals surface area (Å²) in [5, 5.41) is 3.03. The first-order valence-electron chi connectivity index (χ1n) is 4.78. The van der Waals surface area contributed by atoms with Crippen LogP contribution in [0.25, 0.3) is 0 Å². The third kappa shape index (κ3) is 0.959. The smallest absolute Gasteiger partial charge is 0.226 e. The van der Waals surface area contributed by atoms with Crippen molar-refractivity contribution < 1.29 is 9.53 Å². The Morgan fingerprint density at radius 3 is 2.75 bits per heavy atom. The topological polar surface area (TPSA) is 38.3 Å². The van der Waals surface area contributed by atoms with E-state index in [2.05, 4.69) is 5.32 Å². The van der Waals surface area contributed by atoms with Crippen molar-refractivity contribution in [2.45, 2.75) is 31.4 Å². The number of nitrogens with one attached hydrogen (secondary N) is 1. The SMILES string of the molecule is O=C(NC1CC1)C1C2CCOC21. The Morgan fingerprint density at radius 1 is 1.33 bits per heavy atom. The van der Waals surface area contributed by atoms with E-state index in [0.717, 1.165) is 13.0 Å². The van der Waals surface area contributed by atoms with E-state index >= 15 is 0 Å². The Bertz CT molecular complexity index is 215. The molecule has 3 nitrogen and oxygen atoms in total. The molecule has 0 aromatic rings. The summed E-state index contributed by atoms with van der Waals surface area (Å²) in [7, 11) is 0. The molecule has 0 aromatic heterocycles. The maximum atomic E-state index is 11.5. The van der Waals surface area contributed by atoms with Crippen LogP contribution >= 0.6 is 0 Å². The molecule has 12 heavy (non-hydrogen) atoms. The van der Waals surface area contributed by atoms with Crippen molar-refractivity contribution in [3.05, 3.63) is 0 Å². The minimum atomic E-state index is 0.208. The highest BCUT2D eigenvalue weighted by molar-refractivity contribution is 5.83. The quantitative estimate of drug-likeness (QED) is 0.642. The molecule has 2 saturated carbocycles. The monoisotopic (exact) mass is 167 g/mol. The number of carbonyl (C=O) groups excluding carboxylic acids is 1. The maximum Gasteiger partial charge on any atom is 0.226 e. The van der Waals surface area contributed by atoms with Crippen LogP contribution in [0.2, 0.25) is 0 Å². The number of carbonyl (C=O) groups is 1. The van der Waals surface area contributed by atoms with Crippen LogP contribution in [0.1, 0.15) is 19.3 Å². The summed E-state index contributed by atoms with van der Waals surface area (Å²) in [6, 6.07) is 0.499. The highest BCUT2D eigenvalue weighted by Gasteiger charge is 2.58. The van der Waals surface area contributed by atoms with Gasteiger partial charge in [-0.1, -0.05) is 0 Å². The van der Waals surface area contributed by atoms with E-state index in [0.29, 0.717) is 12.0 Å². The van der Waals surface area contributed by atoms with E-state index in [1.807, 2.05) is 0 Å². The Balaban J connectivity index is 1.57. The number of hydrogen-bond donors (Lipinski definition) is 1. The highest BCUT2D eigenvalue weighted by Crippen LogP contribution is 2.49. The molecule has 3 unspecified atom stereocenters. The van der Waals surface area contributed by atoms with Crippen LogP contribution in [0.15, 0.2) is 0 Å². The van der Waals surface area contributed by atoms with Crippen molar-refractivity contribution >= 4 is 5.91 Å². The lowest BCUT2D eigenvalue weighted by Gasteiger charge is -2.04. The van der Waals surface area contributed by atoms with Gasteiger partial charge in [-0.3, -0.25) is 4.79 Å². The third-order valence-corrected chi connectivity index (χ3v) is 3.08. The van der Waals surface area contributed by atoms with Gasteiger partial charge in [0.2, 0.25) is 5.91 Å². The molecule has 0 radical (unpaired) electrons. The van der Waals surface area contributed by atoms with Gasteiger partial charge >= 0.3 is 0 Å². The molecule has 1 saturated heterocycles. The fourth-order valence-corrected chi connectivity index (χ4v) is 2.12. The lowest BCUT2D eigenvalue weighted by molar-refractivity contribution is -0.124. The average molecular weight is 167 g/mol. The van der Waals surface area contributed by atoms with Gasteiger partial charge in [0.15, 0.2) is 0 Å². The molecule has 2 aliphatic carbocycles. The molecule has 3 atom stereocenters. The molecule has 1 N–H and O–H groups in total. The normalized spacial score (nSPS) is 43.8. The van der Waals surface area contributed by atoms with E-state index in [1.54, 1.807) is 0 Å². The van der Waals surface area contributed by atoms with Crippen LogP contribution in [0.4, 0.5) is 0 Å². The first kappa shape index (κ1) is 6.89. The molecule has 0 spiro atoms. The van der Waals surface area contributed by atoms with E-state index in [9.17, 15) is 4.79 Å². The largest absolute Gasteiger partial charge is 0.377 e. The van der Waals surface area contributed by atoms with Crippen LogP contribution in [-0.2, 0) is 9.53 Å². The molecule has 3 aliphatic rings. The molecule has 66 valence electrons. The predicted octanol–water partition coefficient (Wildman–Crippen LogP) is 0.300. The minimum absolute atomic E-state index is 0.208. The molecule has 3 fully saturated rings. The zero-order chi connectivity index (χ0) is 8.13. The fraction of sp³-hybridized carbons (Fsp3) is 0.889. The first-order chi connectivity index (χ1) is 5.86. The molecular weight excluding hydrogens is 154 g/mol. The van der Waals surface area contributed by atoms with Gasteiger partial charge in [0, 0.05) is 18.6 Å². The van der Waals surface area contributed by atoms with Crippen molar-refractivity contribution in [3.63, 3.8) is 0 Å². The van der Waals surface area contributed by atoms with Gasteiger partial charge in [0.05, 0.1) is 12.0 Å². The second-order valence-electron chi connectivity index (χ2n) is 4.10.